The maximum atomic E-state index is 5.65. The van der Waals surface area contributed by atoms with Gasteiger partial charge in [-0.05, 0) is 44.8 Å². The SMILES string of the molecule is C#Cc1cc(-c2cccc3ccccc23)c2ccccc2c1. The summed E-state index contributed by atoms with van der Waals surface area (Å²) in [6.45, 7) is 0. The van der Waals surface area contributed by atoms with Gasteiger partial charge in [-0.2, -0.15) is 0 Å². The fourth-order valence-electron chi connectivity index (χ4n) is 3.08. The van der Waals surface area contributed by atoms with Crippen LogP contribution in [0.1, 0.15) is 5.56 Å². The molecule has 0 aliphatic rings. The van der Waals surface area contributed by atoms with Crippen molar-refractivity contribution >= 4 is 21.5 Å². The normalized spacial score (nSPS) is 10.7. The Morgan fingerprint density at radius 3 is 2.00 bits per heavy atom. The minimum Gasteiger partial charge on any atom is -0.115 e. The lowest BCUT2D eigenvalue weighted by Gasteiger charge is -2.11. The van der Waals surface area contributed by atoms with Crippen molar-refractivity contribution in [2.75, 3.05) is 0 Å². The van der Waals surface area contributed by atoms with E-state index in [9.17, 15) is 0 Å². The van der Waals surface area contributed by atoms with Crippen LogP contribution in [0.2, 0.25) is 0 Å². The van der Waals surface area contributed by atoms with E-state index >= 15 is 0 Å². The Hall–Kier alpha value is -3.04. The standard InChI is InChI=1S/C22H14/c1-2-16-14-18-9-4-6-12-20(18)22(15-16)21-13-7-10-17-8-3-5-11-19(17)21/h1,3-15H. The van der Waals surface area contributed by atoms with Crippen LogP contribution >= 0.6 is 0 Å². The molecule has 4 aromatic rings. The second-order valence-corrected chi connectivity index (χ2v) is 5.42. The molecule has 0 radical (unpaired) electrons. The maximum absolute atomic E-state index is 5.65. The predicted octanol–water partition coefficient (Wildman–Crippen LogP) is 5.64. The highest BCUT2D eigenvalue weighted by Crippen LogP contribution is 2.34. The van der Waals surface area contributed by atoms with Crippen LogP contribution in [0.25, 0.3) is 32.7 Å². The van der Waals surface area contributed by atoms with Gasteiger partial charge in [-0.1, -0.05) is 72.7 Å². The average Bonchev–Trinajstić information content (AvgIpc) is 2.60. The summed E-state index contributed by atoms with van der Waals surface area (Å²) in [5.74, 6) is 2.78. The lowest BCUT2D eigenvalue weighted by atomic mass is 9.92. The Bertz CT molecular complexity index is 1030. The van der Waals surface area contributed by atoms with Crippen molar-refractivity contribution in [1.82, 2.24) is 0 Å². The van der Waals surface area contributed by atoms with Gasteiger partial charge in [0, 0.05) is 5.56 Å². The van der Waals surface area contributed by atoms with E-state index in [0.717, 1.165) is 5.56 Å². The van der Waals surface area contributed by atoms with Gasteiger partial charge < -0.3 is 0 Å². The maximum Gasteiger partial charge on any atom is 0.0255 e. The Morgan fingerprint density at radius 1 is 0.591 bits per heavy atom. The summed E-state index contributed by atoms with van der Waals surface area (Å²) in [6, 6.07) is 27.5. The number of rotatable bonds is 1. The number of hydrogen-bond donors (Lipinski definition) is 0. The Kier molecular flexibility index (Phi) is 2.92. The highest BCUT2D eigenvalue weighted by Gasteiger charge is 2.08. The van der Waals surface area contributed by atoms with Gasteiger partial charge in [0.25, 0.3) is 0 Å². The van der Waals surface area contributed by atoms with E-state index in [-0.39, 0.29) is 0 Å². The van der Waals surface area contributed by atoms with Crippen LogP contribution in [0.3, 0.4) is 0 Å². The van der Waals surface area contributed by atoms with E-state index in [0.29, 0.717) is 0 Å². The van der Waals surface area contributed by atoms with Crippen molar-refractivity contribution in [3.63, 3.8) is 0 Å². The molecule has 22 heavy (non-hydrogen) atoms. The molecular weight excluding hydrogens is 264 g/mol. The molecule has 0 aliphatic heterocycles. The molecule has 0 nitrogen and oxygen atoms in total. The molecule has 0 spiro atoms. The van der Waals surface area contributed by atoms with E-state index in [4.69, 9.17) is 6.42 Å². The number of benzene rings is 4. The third kappa shape index (κ3) is 1.96. The van der Waals surface area contributed by atoms with Crippen LogP contribution in [-0.2, 0) is 0 Å². The fourth-order valence-corrected chi connectivity index (χ4v) is 3.08. The van der Waals surface area contributed by atoms with Crippen molar-refractivity contribution in [1.29, 1.82) is 0 Å². The van der Waals surface area contributed by atoms with Crippen LogP contribution in [0.5, 0.6) is 0 Å². The molecule has 0 heterocycles. The third-order valence-corrected chi connectivity index (χ3v) is 4.11. The summed E-state index contributed by atoms with van der Waals surface area (Å²) in [7, 11) is 0. The first kappa shape index (κ1) is 12.7. The first-order valence-electron chi connectivity index (χ1n) is 7.34. The average molecular weight is 278 g/mol. The Labute approximate surface area is 130 Å². The fraction of sp³-hybridized carbons (Fsp3) is 0. The third-order valence-electron chi connectivity index (χ3n) is 4.11. The topological polar surface area (TPSA) is 0 Å². The van der Waals surface area contributed by atoms with E-state index in [2.05, 4.69) is 84.8 Å². The first-order valence-corrected chi connectivity index (χ1v) is 7.34. The van der Waals surface area contributed by atoms with Crippen LogP contribution in [0, 0.1) is 12.3 Å². The largest absolute Gasteiger partial charge is 0.115 e. The molecule has 102 valence electrons. The van der Waals surface area contributed by atoms with Crippen molar-refractivity contribution < 1.29 is 0 Å². The molecule has 0 aromatic heterocycles. The van der Waals surface area contributed by atoms with Crippen LogP contribution in [0.15, 0.2) is 78.9 Å². The van der Waals surface area contributed by atoms with E-state index in [1.807, 2.05) is 0 Å². The summed E-state index contributed by atoms with van der Waals surface area (Å²) in [5, 5.41) is 4.92. The van der Waals surface area contributed by atoms with Gasteiger partial charge in [0.15, 0.2) is 0 Å². The predicted molar refractivity (Wildman–Crippen MR) is 94.8 cm³/mol. The van der Waals surface area contributed by atoms with Gasteiger partial charge >= 0.3 is 0 Å². The number of hydrogen-bond acceptors (Lipinski definition) is 0. The molecule has 0 atom stereocenters. The molecule has 0 heteroatoms. The Balaban J connectivity index is 2.15. The zero-order valence-corrected chi connectivity index (χ0v) is 12.1. The molecule has 0 fully saturated rings. The first-order chi connectivity index (χ1) is 10.9. The van der Waals surface area contributed by atoms with Gasteiger partial charge in [0.2, 0.25) is 0 Å². The quantitative estimate of drug-likeness (QED) is 0.395. The van der Waals surface area contributed by atoms with Crippen molar-refractivity contribution in [2.45, 2.75) is 0 Å². The van der Waals surface area contributed by atoms with Crippen molar-refractivity contribution in [3.05, 3.63) is 84.4 Å². The second-order valence-electron chi connectivity index (χ2n) is 5.42. The highest BCUT2D eigenvalue weighted by atomic mass is 14.1. The smallest absolute Gasteiger partial charge is 0.0255 e. The molecule has 0 aliphatic carbocycles. The van der Waals surface area contributed by atoms with Crippen LogP contribution < -0.4 is 0 Å². The van der Waals surface area contributed by atoms with Crippen molar-refractivity contribution in [3.8, 4) is 23.5 Å². The van der Waals surface area contributed by atoms with Crippen LogP contribution in [-0.4, -0.2) is 0 Å². The monoisotopic (exact) mass is 278 g/mol. The molecule has 4 aromatic carbocycles. The summed E-state index contributed by atoms with van der Waals surface area (Å²) in [6.07, 6.45) is 5.65. The molecular formula is C22H14. The van der Waals surface area contributed by atoms with Gasteiger partial charge in [0.1, 0.15) is 0 Å². The van der Waals surface area contributed by atoms with Gasteiger partial charge in [0.05, 0.1) is 0 Å². The minimum absolute atomic E-state index is 0.918. The lowest BCUT2D eigenvalue weighted by molar-refractivity contribution is 1.66. The minimum atomic E-state index is 0.918. The molecule has 0 N–H and O–H groups in total. The van der Waals surface area contributed by atoms with Gasteiger partial charge in [-0.15, -0.1) is 6.42 Å². The van der Waals surface area contributed by atoms with Crippen molar-refractivity contribution in [2.24, 2.45) is 0 Å². The van der Waals surface area contributed by atoms with E-state index < -0.39 is 0 Å². The van der Waals surface area contributed by atoms with Gasteiger partial charge in [-0.25, -0.2) is 0 Å². The zero-order chi connectivity index (χ0) is 14.9. The lowest BCUT2D eigenvalue weighted by Crippen LogP contribution is -1.86. The Morgan fingerprint density at radius 2 is 1.23 bits per heavy atom. The summed E-state index contributed by atoms with van der Waals surface area (Å²) in [5.41, 5.74) is 3.34. The molecule has 0 unspecified atom stereocenters. The zero-order valence-electron chi connectivity index (χ0n) is 12.1. The van der Waals surface area contributed by atoms with E-state index in [1.165, 1.54) is 32.7 Å². The summed E-state index contributed by atoms with van der Waals surface area (Å²) >= 11 is 0. The molecule has 0 bridgehead atoms. The summed E-state index contributed by atoms with van der Waals surface area (Å²) in [4.78, 5) is 0. The summed E-state index contributed by atoms with van der Waals surface area (Å²) < 4.78 is 0. The van der Waals surface area contributed by atoms with Gasteiger partial charge in [-0.3, -0.25) is 0 Å². The molecule has 0 saturated heterocycles. The molecule has 0 saturated carbocycles. The molecule has 0 amide bonds. The van der Waals surface area contributed by atoms with Crippen LogP contribution in [0.4, 0.5) is 0 Å². The van der Waals surface area contributed by atoms with E-state index in [1.54, 1.807) is 0 Å². The molecule has 4 rings (SSSR count). The number of fused-ring (bicyclic) bond motifs is 2. The number of terminal acetylenes is 1. The second kappa shape index (κ2) is 5.06. The highest BCUT2D eigenvalue weighted by molar-refractivity contribution is 6.05.